The second kappa shape index (κ2) is 10.5. The highest BCUT2D eigenvalue weighted by Gasteiger charge is 2.27. The van der Waals surface area contributed by atoms with Crippen LogP contribution in [0.15, 0.2) is 73.3 Å². The number of nitrogens with one attached hydrogen (secondary N) is 2. The van der Waals surface area contributed by atoms with Crippen LogP contribution in [0, 0.1) is 0 Å². The largest absolute Gasteiger partial charge is 0.334 e. The number of imide groups is 1. The van der Waals surface area contributed by atoms with Crippen LogP contribution >= 0.6 is 0 Å². The highest BCUT2D eigenvalue weighted by Crippen LogP contribution is 2.29. The molecule has 0 aromatic heterocycles. The topological polar surface area (TPSA) is 64.7 Å². The summed E-state index contributed by atoms with van der Waals surface area (Å²) in [6, 6.07) is 20.7. The van der Waals surface area contributed by atoms with Crippen molar-refractivity contribution in [3.05, 3.63) is 84.4 Å². The van der Waals surface area contributed by atoms with E-state index in [0.29, 0.717) is 6.54 Å². The van der Waals surface area contributed by atoms with E-state index >= 15 is 0 Å². The minimum Gasteiger partial charge on any atom is -0.334 e. The zero-order valence-corrected chi connectivity index (χ0v) is 16.6. The molecule has 1 saturated heterocycles. The molecular formula is C23H28N4O2. The van der Waals surface area contributed by atoms with Crippen molar-refractivity contribution in [1.82, 2.24) is 20.4 Å². The van der Waals surface area contributed by atoms with E-state index in [1.165, 1.54) is 11.1 Å². The van der Waals surface area contributed by atoms with Crippen LogP contribution in [0.2, 0.25) is 0 Å². The average Bonchev–Trinajstić information content (AvgIpc) is 2.75. The van der Waals surface area contributed by atoms with Gasteiger partial charge in [-0.25, -0.2) is 4.79 Å². The van der Waals surface area contributed by atoms with Gasteiger partial charge in [-0.05, 0) is 11.1 Å². The summed E-state index contributed by atoms with van der Waals surface area (Å²) in [4.78, 5) is 28.2. The van der Waals surface area contributed by atoms with Crippen molar-refractivity contribution in [2.75, 3.05) is 39.3 Å². The third-order valence-corrected chi connectivity index (χ3v) is 5.03. The Kier molecular flexibility index (Phi) is 7.55. The summed E-state index contributed by atoms with van der Waals surface area (Å²) in [5, 5.41) is 4.90. The maximum absolute atomic E-state index is 12.1. The fourth-order valence-corrected chi connectivity index (χ4v) is 3.64. The van der Waals surface area contributed by atoms with Crippen LogP contribution in [-0.2, 0) is 4.79 Å². The Bertz CT molecular complexity index is 763. The van der Waals surface area contributed by atoms with Crippen LogP contribution in [-0.4, -0.2) is 61.0 Å². The Morgan fingerprint density at radius 1 is 0.931 bits per heavy atom. The third kappa shape index (κ3) is 6.01. The van der Waals surface area contributed by atoms with Crippen LogP contribution in [0.1, 0.15) is 17.2 Å². The van der Waals surface area contributed by atoms with E-state index in [0.717, 1.165) is 26.2 Å². The van der Waals surface area contributed by atoms with E-state index < -0.39 is 6.03 Å². The van der Waals surface area contributed by atoms with Crippen molar-refractivity contribution in [3.8, 4) is 0 Å². The molecule has 1 heterocycles. The molecule has 0 aliphatic carbocycles. The van der Waals surface area contributed by atoms with E-state index in [1.54, 1.807) is 6.08 Å². The van der Waals surface area contributed by atoms with Crippen LogP contribution in [0.25, 0.3) is 0 Å². The molecule has 2 aromatic carbocycles. The monoisotopic (exact) mass is 392 g/mol. The van der Waals surface area contributed by atoms with Crippen molar-refractivity contribution < 1.29 is 9.59 Å². The molecular weight excluding hydrogens is 364 g/mol. The van der Waals surface area contributed by atoms with Gasteiger partial charge in [0.2, 0.25) is 5.91 Å². The first-order valence-corrected chi connectivity index (χ1v) is 9.92. The number of hydrogen-bond donors (Lipinski definition) is 2. The molecule has 0 bridgehead atoms. The number of benzene rings is 2. The van der Waals surface area contributed by atoms with Gasteiger partial charge < -0.3 is 5.32 Å². The van der Waals surface area contributed by atoms with Crippen molar-refractivity contribution >= 4 is 11.9 Å². The second-order valence-electron chi connectivity index (χ2n) is 7.08. The van der Waals surface area contributed by atoms with Gasteiger partial charge in [-0.15, -0.1) is 6.58 Å². The summed E-state index contributed by atoms with van der Waals surface area (Å²) in [6.45, 7) is 7.33. The summed E-state index contributed by atoms with van der Waals surface area (Å²) in [7, 11) is 0. The Morgan fingerprint density at radius 2 is 1.48 bits per heavy atom. The second-order valence-corrected chi connectivity index (χ2v) is 7.08. The summed E-state index contributed by atoms with van der Waals surface area (Å²) in [6.07, 6.45) is 1.57. The highest BCUT2D eigenvalue weighted by molar-refractivity contribution is 5.95. The predicted molar refractivity (Wildman–Crippen MR) is 114 cm³/mol. The van der Waals surface area contributed by atoms with Gasteiger partial charge in [0, 0.05) is 32.7 Å². The summed E-state index contributed by atoms with van der Waals surface area (Å²) in [5.41, 5.74) is 2.53. The minimum absolute atomic E-state index is 0.193. The van der Waals surface area contributed by atoms with Gasteiger partial charge in [0.15, 0.2) is 0 Å². The van der Waals surface area contributed by atoms with Gasteiger partial charge in [-0.1, -0.05) is 66.7 Å². The molecule has 2 aromatic rings. The number of carbonyl (C=O) groups is 2. The van der Waals surface area contributed by atoms with Crippen molar-refractivity contribution in [3.63, 3.8) is 0 Å². The molecule has 152 valence electrons. The number of urea groups is 1. The Hall–Kier alpha value is -2.96. The molecule has 0 atom stereocenters. The van der Waals surface area contributed by atoms with Gasteiger partial charge in [-0.3, -0.25) is 19.9 Å². The molecule has 0 unspecified atom stereocenters. The van der Waals surface area contributed by atoms with Crippen molar-refractivity contribution in [2.24, 2.45) is 0 Å². The fourth-order valence-electron chi connectivity index (χ4n) is 3.64. The van der Waals surface area contributed by atoms with Gasteiger partial charge in [0.25, 0.3) is 0 Å². The lowest BCUT2D eigenvalue weighted by atomic mass is 9.96. The molecule has 3 amide bonds. The SMILES string of the molecule is C=CCNC(=O)NC(=O)CN1CCN(C(c2ccccc2)c2ccccc2)CC1. The lowest BCUT2D eigenvalue weighted by Gasteiger charge is -2.39. The molecule has 29 heavy (non-hydrogen) atoms. The van der Waals surface area contributed by atoms with Gasteiger partial charge in [0.1, 0.15) is 0 Å². The fraction of sp³-hybridized carbons (Fsp3) is 0.304. The summed E-state index contributed by atoms with van der Waals surface area (Å²) in [5.74, 6) is -0.289. The van der Waals surface area contributed by atoms with E-state index in [4.69, 9.17) is 0 Å². The van der Waals surface area contributed by atoms with E-state index in [9.17, 15) is 9.59 Å². The molecule has 6 nitrogen and oxygen atoms in total. The predicted octanol–water partition coefficient (Wildman–Crippen LogP) is 2.41. The molecule has 2 N–H and O–H groups in total. The minimum atomic E-state index is -0.484. The summed E-state index contributed by atoms with van der Waals surface area (Å²) < 4.78 is 0. The Balaban J connectivity index is 1.58. The number of carbonyl (C=O) groups excluding carboxylic acids is 2. The number of rotatable bonds is 7. The number of amides is 3. The van der Waals surface area contributed by atoms with Gasteiger partial charge in [0.05, 0.1) is 12.6 Å². The highest BCUT2D eigenvalue weighted by atomic mass is 16.2. The van der Waals surface area contributed by atoms with Crippen LogP contribution < -0.4 is 10.6 Å². The molecule has 0 saturated carbocycles. The smallest absolute Gasteiger partial charge is 0.321 e. The molecule has 1 aliphatic rings. The zero-order valence-electron chi connectivity index (χ0n) is 16.6. The standard InChI is InChI=1S/C23H28N4O2/c1-2-13-24-23(29)25-21(28)18-26-14-16-27(17-15-26)22(19-9-5-3-6-10-19)20-11-7-4-8-12-20/h2-12,22H,1,13-18H2,(H2,24,25,28,29). The summed E-state index contributed by atoms with van der Waals surface area (Å²) >= 11 is 0. The van der Waals surface area contributed by atoms with Crippen LogP contribution in [0.3, 0.4) is 0 Å². The number of nitrogens with zero attached hydrogens (tertiary/aromatic N) is 2. The molecule has 1 fully saturated rings. The quantitative estimate of drug-likeness (QED) is 0.711. The zero-order chi connectivity index (χ0) is 20.5. The number of hydrogen-bond acceptors (Lipinski definition) is 4. The molecule has 1 aliphatic heterocycles. The average molecular weight is 393 g/mol. The van der Waals surface area contributed by atoms with E-state index in [-0.39, 0.29) is 18.5 Å². The lowest BCUT2D eigenvalue weighted by molar-refractivity contribution is -0.121. The van der Waals surface area contributed by atoms with Gasteiger partial charge in [-0.2, -0.15) is 0 Å². The first kappa shape index (κ1) is 20.8. The third-order valence-electron chi connectivity index (χ3n) is 5.03. The number of piperazine rings is 1. The normalized spacial score (nSPS) is 15.1. The Labute approximate surface area is 172 Å². The lowest BCUT2D eigenvalue weighted by Crippen LogP contribution is -2.51. The van der Waals surface area contributed by atoms with E-state index in [2.05, 4.69) is 75.5 Å². The van der Waals surface area contributed by atoms with Crippen molar-refractivity contribution in [2.45, 2.75) is 6.04 Å². The Morgan fingerprint density at radius 3 is 2.00 bits per heavy atom. The maximum Gasteiger partial charge on any atom is 0.321 e. The molecule has 3 rings (SSSR count). The van der Waals surface area contributed by atoms with Crippen LogP contribution in [0.4, 0.5) is 4.79 Å². The first-order valence-electron chi connectivity index (χ1n) is 9.92. The molecule has 0 spiro atoms. The molecule has 6 heteroatoms. The maximum atomic E-state index is 12.1. The van der Waals surface area contributed by atoms with Gasteiger partial charge >= 0.3 is 6.03 Å². The molecule has 0 radical (unpaired) electrons. The van der Waals surface area contributed by atoms with Crippen LogP contribution in [0.5, 0.6) is 0 Å². The first-order chi connectivity index (χ1) is 14.2. The van der Waals surface area contributed by atoms with E-state index in [1.807, 2.05) is 12.1 Å². The van der Waals surface area contributed by atoms with Crippen molar-refractivity contribution in [1.29, 1.82) is 0 Å².